The molecule has 0 spiro atoms. The number of benzene rings is 2. The first-order valence-corrected chi connectivity index (χ1v) is 8.83. The van der Waals surface area contributed by atoms with Crippen molar-refractivity contribution in [2.75, 3.05) is 0 Å². The maximum absolute atomic E-state index is 14.2. The van der Waals surface area contributed by atoms with E-state index in [2.05, 4.69) is 0 Å². The highest BCUT2D eigenvalue weighted by Crippen LogP contribution is 2.74. The predicted octanol–water partition coefficient (Wildman–Crippen LogP) is 4.66. The molecule has 1 aliphatic carbocycles. The van der Waals surface area contributed by atoms with Gasteiger partial charge in [0, 0.05) is 5.92 Å². The number of hydrogen-bond donors (Lipinski definition) is 2. The van der Waals surface area contributed by atoms with Crippen LogP contribution in [-0.2, 0) is 10.2 Å². The van der Waals surface area contributed by atoms with Crippen LogP contribution in [0.5, 0.6) is 0 Å². The summed E-state index contributed by atoms with van der Waals surface area (Å²) in [5.41, 5.74) is 3.19. The maximum Gasteiger partial charge on any atom is 0.337 e. The van der Waals surface area contributed by atoms with E-state index in [-0.39, 0.29) is 16.1 Å². The molecule has 0 saturated heterocycles. The lowest BCUT2D eigenvalue weighted by molar-refractivity contribution is -0.120. The quantitative estimate of drug-likeness (QED) is 0.659. The lowest BCUT2D eigenvalue weighted by Crippen LogP contribution is -2.34. The van der Waals surface area contributed by atoms with Crippen molar-refractivity contribution in [1.29, 1.82) is 0 Å². The number of aromatic carboxylic acids is 1. The molecule has 3 N–H and O–H groups in total. The molecule has 2 aromatic rings. The summed E-state index contributed by atoms with van der Waals surface area (Å²) in [7, 11) is 0. The number of primary amides is 1. The van der Waals surface area contributed by atoms with Crippen LogP contribution >= 0.6 is 46.4 Å². The highest BCUT2D eigenvalue weighted by molar-refractivity contribution is 6.55. The molecule has 1 aliphatic rings. The third-order valence-corrected chi connectivity index (χ3v) is 6.32. The second kappa shape index (κ2) is 6.48. The van der Waals surface area contributed by atoms with Crippen molar-refractivity contribution in [3.63, 3.8) is 0 Å². The normalized spacial score (nSPS) is 23.1. The van der Waals surface area contributed by atoms with Gasteiger partial charge in [-0.1, -0.05) is 52.5 Å². The number of carboxylic acid groups (broad SMARTS) is 1. The van der Waals surface area contributed by atoms with Crippen LogP contribution < -0.4 is 5.73 Å². The molecule has 27 heavy (non-hydrogen) atoms. The molecule has 2 atom stereocenters. The lowest BCUT2D eigenvalue weighted by Gasteiger charge is -2.17. The second-order valence-electron chi connectivity index (χ2n) is 6.03. The van der Waals surface area contributed by atoms with Gasteiger partial charge in [0.2, 0.25) is 5.91 Å². The third-order valence-electron chi connectivity index (χ3n) is 4.62. The zero-order valence-electron chi connectivity index (χ0n) is 13.1. The minimum Gasteiger partial charge on any atom is -0.478 e. The second-order valence-corrected chi connectivity index (χ2v) is 8.20. The molecule has 2 aromatic carbocycles. The van der Waals surface area contributed by atoms with Crippen LogP contribution in [0.2, 0.25) is 10.0 Å². The van der Waals surface area contributed by atoms with Crippen molar-refractivity contribution >= 4 is 58.3 Å². The van der Waals surface area contributed by atoms with E-state index in [9.17, 15) is 23.5 Å². The molecule has 0 aromatic heterocycles. The SMILES string of the molecule is NC(=O)C1(c2cc(F)c(Cl)c(C(=O)O)c2)C(c2ccc(F)c(Cl)c2)C1(Cl)Cl. The van der Waals surface area contributed by atoms with E-state index < -0.39 is 49.8 Å². The van der Waals surface area contributed by atoms with Gasteiger partial charge in [-0.25, -0.2) is 13.6 Å². The Hall–Kier alpha value is -1.60. The van der Waals surface area contributed by atoms with Gasteiger partial charge in [0.25, 0.3) is 0 Å². The average molecular weight is 455 g/mol. The molecule has 0 bridgehead atoms. The van der Waals surface area contributed by atoms with Gasteiger partial charge in [-0.15, -0.1) is 0 Å². The van der Waals surface area contributed by atoms with Gasteiger partial charge in [-0.3, -0.25) is 4.79 Å². The number of carbonyl (C=O) groups excluding carboxylic acids is 1. The van der Waals surface area contributed by atoms with Crippen molar-refractivity contribution < 1.29 is 23.5 Å². The van der Waals surface area contributed by atoms with Crippen LogP contribution in [0.15, 0.2) is 30.3 Å². The van der Waals surface area contributed by atoms with Crippen LogP contribution in [0.4, 0.5) is 8.78 Å². The molecule has 10 heteroatoms. The van der Waals surface area contributed by atoms with Crippen molar-refractivity contribution in [2.45, 2.75) is 15.7 Å². The fourth-order valence-corrected chi connectivity index (χ4v) is 4.81. The van der Waals surface area contributed by atoms with Crippen LogP contribution in [0.3, 0.4) is 0 Å². The Morgan fingerprint density at radius 3 is 2.22 bits per heavy atom. The number of carbonyl (C=O) groups is 2. The predicted molar refractivity (Wildman–Crippen MR) is 97.8 cm³/mol. The molecule has 1 fully saturated rings. The number of amides is 1. The summed E-state index contributed by atoms with van der Waals surface area (Å²) in [6, 6.07) is 5.42. The first-order valence-electron chi connectivity index (χ1n) is 7.31. The molecular weight excluding hydrogens is 446 g/mol. The number of carboxylic acids is 1. The summed E-state index contributed by atoms with van der Waals surface area (Å²) in [5.74, 6) is -5.34. The topological polar surface area (TPSA) is 80.4 Å². The minimum absolute atomic E-state index is 0.162. The molecule has 142 valence electrons. The number of nitrogens with two attached hydrogens (primary N) is 1. The summed E-state index contributed by atoms with van der Waals surface area (Å²) >= 11 is 24.1. The van der Waals surface area contributed by atoms with E-state index in [4.69, 9.17) is 52.1 Å². The fraction of sp³-hybridized carbons (Fsp3) is 0.176. The van der Waals surface area contributed by atoms with Crippen molar-refractivity contribution in [3.8, 4) is 0 Å². The Morgan fingerprint density at radius 1 is 1.07 bits per heavy atom. The number of rotatable bonds is 4. The van der Waals surface area contributed by atoms with Gasteiger partial charge in [0.1, 0.15) is 21.4 Å². The largest absolute Gasteiger partial charge is 0.478 e. The highest BCUT2D eigenvalue weighted by atomic mass is 35.5. The Kier molecular flexibility index (Phi) is 4.84. The summed E-state index contributed by atoms with van der Waals surface area (Å²) in [5, 5.41) is 8.35. The Morgan fingerprint density at radius 2 is 1.70 bits per heavy atom. The van der Waals surface area contributed by atoms with E-state index in [1.165, 1.54) is 12.1 Å². The molecular formula is C17H9Cl4F2NO3. The maximum atomic E-state index is 14.2. The summed E-state index contributed by atoms with van der Waals surface area (Å²) in [4.78, 5) is 23.7. The van der Waals surface area contributed by atoms with Gasteiger partial charge in [0.05, 0.1) is 15.6 Å². The molecule has 0 aliphatic heterocycles. The van der Waals surface area contributed by atoms with Crippen LogP contribution in [0.25, 0.3) is 0 Å². The van der Waals surface area contributed by atoms with Gasteiger partial charge >= 0.3 is 5.97 Å². The molecule has 1 amide bonds. The third kappa shape index (κ3) is 2.78. The summed E-state index contributed by atoms with van der Waals surface area (Å²) in [6.07, 6.45) is 0. The number of hydrogen-bond acceptors (Lipinski definition) is 2. The van der Waals surface area contributed by atoms with Crippen molar-refractivity contribution in [3.05, 3.63) is 68.7 Å². The molecule has 0 heterocycles. The Bertz CT molecular complexity index is 998. The van der Waals surface area contributed by atoms with Crippen LogP contribution in [-0.4, -0.2) is 21.3 Å². The standard InChI is InChI=1S/C17H9Cl4F2NO3/c18-9-3-6(1-2-10(9)22)13-16(15(24)27,17(13,20)21)7-4-8(14(25)26)12(19)11(23)5-7/h1-5,13H,(H2,24,27)(H,25,26). The lowest BCUT2D eigenvalue weighted by atomic mass is 9.88. The summed E-state index contributed by atoms with van der Waals surface area (Å²) < 4.78 is 25.8. The van der Waals surface area contributed by atoms with Crippen LogP contribution in [0.1, 0.15) is 27.4 Å². The minimum atomic E-state index is -1.87. The zero-order valence-corrected chi connectivity index (χ0v) is 16.1. The van der Waals surface area contributed by atoms with E-state index in [1.807, 2.05) is 0 Å². The van der Waals surface area contributed by atoms with Gasteiger partial charge < -0.3 is 10.8 Å². The van der Waals surface area contributed by atoms with E-state index >= 15 is 0 Å². The number of halogens is 6. The Balaban J connectivity index is 2.25. The van der Waals surface area contributed by atoms with Crippen molar-refractivity contribution in [1.82, 2.24) is 0 Å². The van der Waals surface area contributed by atoms with Gasteiger partial charge in [-0.2, -0.15) is 0 Å². The molecule has 4 nitrogen and oxygen atoms in total. The summed E-state index contributed by atoms with van der Waals surface area (Å²) in [6.45, 7) is 0. The van der Waals surface area contributed by atoms with E-state index in [1.54, 1.807) is 0 Å². The molecule has 2 unspecified atom stereocenters. The van der Waals surface area contributed by atoms with E-state index in [0.29, 0.717) is 0 Å². The first-order chi connectivity index (χ1) is 12.5. The van der Waals surface area contributed by atoms with Gasteiger partial charge in [0.15, 0.2) is 0 Å². The first kappa shape index (κ1) is 20.1. The molecule has 0 radical (unpaired) electrons. The van der Waals surface area contributed by atoms with Crippen LogP contribution in [0, 0.1) is 11.6 Å². The smallest absolute Gasteiger partial charge is 0.337 e. The highest BCUT2D eigenvalue weighted by Gasteiger charge is 2.81. The monoisotopic (exact) mass is 453 g/mol. The van der Waals surface area contributed by atoms with Crippen molar-refractivity contribution in [2.24, 2.45) is 5.73 Å². The molecule has 3 rings (SSSR count). The molecule has 1 saturated carbocycles. The van der Waals surface area contributed by atoms with E-state index in [0.717, 1.165) is 18.2 Å². The fourth-order valence-electron chi connectivity index (χ4n) is 3.34. The van der Waals surface area contributed by atoms with Gasteiger partial charge in [-0.05, 0) is 35.4 Å². The zero-order chi connectivity index (χ0) is 20.3. The average Bonchev–Trinajstić information content (AvgIpc) is 3.10. The number of alkyl halides is 2. The Labute approximate surface area is 171 Å².